The third-order valence-corrected chi connectivity index (χ3v) is 4.36. The number of nitrogens with zero attached hydrogens (tertiary/aromatic N) is 2. The van der Waals surface area contributed by atoms with Gasteiger partial charge in [-0.25, -0.2) is 9.37 Å². The van der Waals surface area contributed by atoms with E-state index in [1.807, 2.05) is 13.0 Å². The quantitative estimate of drug-likeness (QED) is 0.404. The maximum atomic E-state index is 13.4. The van der Waals surface area contributed by atoms with Crippen molar-refractivity contribution in [3.05, 3.63) is 64.4 Å². The zero-order valence-electron chi connectivity index (χ0n) is 14.6. The van der Waals surface area contributed by atoms with Crippen LogP contribution in [0.25, 0.3) is 11.0 Å². The summed E-state index contributed by atoms with van der Waals surface area (Å²) in [6, 6.07) is 8.26. The van der Waals surface area contributed by atoms with Gasteiger partial charge in [-0.05, 0) is 43.2 Å². The summed E-state index contributed by atoms with van der Waals surface area (Å²) in [6.45, 7) is 3.09. The molecule has 0 aliphatic carbocycles. The number of rotatable bonds is 5. The first-order chi connectivity index (χ1) is 12.6. The Kier molecular flexibility index (Phi) is 5.73. The average molecular weight is 375 g/mol. The molecule has 3 rings (SSSR count). The zero-order chi connectivity index (χ0) is 18.5. The molecule has 26 heavy (non-hydrogen) atoms. The van der Waals surface area contributed by atoms with Crippen LogP contribution in [0, 0.1) is 12.7 Å². The summed E-state index contributed by atoms with van der Waals surface area (Å²) >= 11 is 5.78. The molecule has 0 saturated carbocycles. The lowest BCUT2D eigenvalue weighted by Crippen LogP contribution is -2.37. The van der Waals surface area contributed by atoms with Crippen LogP contribution in [-0.4, -0.2) is 24.5 Å². The molecule has 0 unspecified atom stereocenters. The van der Waals surface area contributed by atoms with Crippen molar-refractivity contribution in [3.8, 4) is 0 Å². The molecule has 5 nitrogen and oxygen atoms in total. The number of hydrogen-bond donors (Lipinski definition) is 2. The monoisotopic (exact) mass is 374 g/mol. The number of aromatic nitrogens is 1. The van der Waals surface area contributed by atoms with Gasteiger partial charge in [0.05, 0.1) is 6.54 Å². The van der Waals surface area contributed by atoms with Crippen molar-refractivity contribution in [2.75, 3.05) is 13.6 Å². The largest absolute Gasteiger partial charge is 0.459 e. The first-order valence-corrected chi connectivity index (χ1v) is 8.67. The average Bonchev–Trinajstić information content (AvgIpc) is 2.95. The number of furan rings is 1. The standard InChI is InChI=1S/C19H20ClFN4O/c1-12-15-9-14(21)4-5-16(15)26-17(12)11-25-19(22-2)23-8-7-13-3-6-18(20)24-10-13/h3-6,9-10H,7-8,11H2,1-2H3,(H2,22,23,25). The van der Waals surface area contributed by atoms with Crippen LogP contribution in [0.5, 0.6) is 0 Å². The van der Waals surface area contributed by atoms with Crippen LogP contribution in [0.1, 0.15) is 16.9 Å². The molecule has 7 heteroatoms. The third-order valence-electron chi connectivity index (χ3n) is 4.13. The van der Waals surface area contributed by atoms with Crippen molar-refractivity contribution >= 4 is 28.5 Å². The molecule has 0 bridgehead atoms. The summed E-state index contributed by atoms with van der Waals surface area (Å²) in [5.74, 6) is 1.16. The van der Waals surface area contributed by atoms with Gasteiger partial charge in [0.2, 0.25) is 0 Å². The highest BCUT2D eigenvalue weighted by atomic mass is 35.5. The molecule has 0 fully saturated rings. The molecule has 136 valence electrons. The highest BCUT2D eigenvalue weighted by Gasteiger charge is 2.11. The van der Waals surface area contributed by atoms with E-state index in [9.17, 15) is 4.39 Å². The van der Waals surface area contributed by atoms with Gasteiger partial charge in [-0.1, -0.05) is 17.7 Å². The van der Waals surface area contributed by atoms with E-state index in [-0.39, 0.29) is 5.82 Å². The lowest BCUT2D eigenvalue weighted by atomic mass is 10.1. The lowest BCUT2D eigenvalue weighted by Gasteiger charge is -2.11. The fraction of sp³-hybridized carbons (Fsp3) is 0.263. The van der Waals surface area contributed by atoms with Gasteiger partial charge in [-0.15, -0.1) is 0 Å². The number of pyridine rings is 1. The Labute approximate surface area is 156 Å². The molecular formula is C19H20ClFN4O. The molecule has 2 N–H and O–H groups in total. The first kappa shape index (κ1) is 18.2. The van der Waals surface area contributed by atoms with Crippen LogP contribution in [-0.2, 0) is 13.0 Å². The fourth-order valence-corrected chi connectivity index (χ4v) is 2.79. The Morgan fingerprint density at radius 2 is 2.12 bits per heavy atom. The minimum Gasteiger partial charge on any atom is -0.459 e. The summed E-state index contributed by atoms with van der Waals surface area (Å²) in [6.07, 6.45) is 2.56. The van der Waals surface area contributed by atoms with Crippen LogP contribution in [0.3, 0.4) is 0 Å². The molecule has 1 aromatic carbocycles. The molecule has 0 aliphatic heterocycles. The van der Waals surface area contributed by atoms with Gasteiger partial charge in [0.25, 0.3) is 0 Å². The maximum Gasteiger partial charge on any atom is 0.191 e. The number of halogens is 2. The van der Waals surface area contributed by atoms with E-state index < -0.39 is 0 Å². The molecule has 2 aromatic heterocycles. The second kappa shape index (κ2) is 8.19. The van der Waals surface area contributed by atoms with E-state index in [2.05, 4.69) is 20.6 Å². The summed E-state index contributed by atoms with van der Waals surface area (Å²) < 4.78 is 19.2. The van der Waals surface area contributed by atoms with Gasteiger partial charge in [-0.2, -0.15) is 0 Å². The smallest absolute Gasteiger partial charge is 0.191 e. The molecule has 0 spiro atoms. The summed E-state index contributed by atoms with van der Waals surface area (Å²) in [4.78, 5) is 8.26. The molecule has 0 amide bonds. The van der Waals surface area contributed by atoms with Gasteiger partial charge in [-0.3, -0.25) is 4.99 Å². The SMILES string of the molecule is CN=C(NCCc1ccc(Cl)nc1)NCc1oc2ccc(F)cc2c1C. The summed E-state index contributed by atoms with van der Waals surface area (Å²) in [7, 11) is 1.71. The second-order valence-electron chi connectivity index (χ2n) is 5.88. The molecule has 0 radical (unpaired) electrons. The zero-order valence-corrected chi connectivity index (χ0v) is 15.4. The number of hydrogen-bond acceptors (Lipinski definition) is 3. The predicted octanol–water partition coefficient (Wildman–Crippen LogP) is 3.84. The van der Waals surface area contributed by atoms with Gasteiger partial charge in [0.1, 0.15) is 22.3 Å². The van der Waals surface area contributed by atoms with Gasteiger partial charge in [0, 0.05) is 30.7 Å². The number of benzene rings is 1. The van der Waals surface area contributed by atoms with Gasteiger partial charge < -0.3 is 15.1 Å². The van der Waals surface area contributed by atoms with Crippen LogP contribution in [0.15, 0.2) is 45.9 Å². The Morgan fingerprint density at radius 1 is 1.27 bits per heavy atom. The Morgan fingerprint density at radius 3 is 2.85 bits per heavy atom. The van der Waals surface area contributed by atoms with Crippen molar-refractivity contribution in [1.29, 1.82) is 0 Å². The Balaban J connectivity index is 1.55. The third kappa shape index (κ3) is 4.32. The molecule has 2 heterocycles. The van der Waals surface area contributed by atoms with E-state index in [4.69, 9.17) is 16.0 Å². The highest BCUT2D eigenvalue weighted by molar-refractivity contribution is 6.29. The van der Waals surface area contributed by atoms with E-state index in [0.717, 1.165) is 28.7 Å². The van der Waals surface area contributed by atoms with Crippen molar-refractivity contribution in [1.82, 2.24) is 15.6 Å². The fourth-order valence-electron chi connectivity index (χ4n) is 2.68. The maximum absolute atomic E-state index is 13.4. The van der Waals surface area contributed by atoms with Crippen LogP contribution in [0.4, 0.5) is 4.39 Å². The van der Waals surface area contributed by atoms with E-state index in [1.165, 1.54) is 12.1 Å². The van der Waals surface area contributed by atoms with Crippen molar-refractivity contribution in [3.63, 3.8) is 0 Å². The molecule has 3 aromatic rings. The minimum absolute atomic E-state index is 0.268. The molecule has 0 aliphatic rings. The van der Waals surface area contributed by atoms with Gasteiger partial charge >= 0.3 is 0 Å². The van der Waals surface area contributed by atoms with Gasteiger partial charge in [0.15, 0.2) is 5.96 Å². The topological polar surface area (TPSA) is 62.5 Å². The summed E-state index contributed by atoms with van der Waals surface area (Å²) in [5.41, 5.74) is 2.70. The normalized spacial score (nSPS) is 11.8. The Bertz CT molecular complexity index is 921. The van der Waals surface area contributed by atoms with E-state index in [0.29, 0.717) is 29.8 Å². The number of guanidine groups is 1. The van der Waals surface area contributed by atoms with Crippen LogP contribution in [0.2, 0.25) is 5.15 Å². The Hall–Kier alpha value is -2.60. The number of fused-ring (bicyclic) bond motifs is 1. The molecule has 0 saturated heterocycles. The predicted molar refractivity (Wildman–Crippen MR) is 102 cm³/mol. The summed E-state index contributed by atoms with van der Waals surface area (Å²) in [5, 5.41) is 7.73. The van der Waals surface area contributed by atoms with Crippen molar-refractivity contribution in [2.24, 2.45) is 4.99 Å². The first-order valence-electron chi connectivity index (χ1n) is 8.29. The van der Waals surface area contributed by atoms with Crippen molar-refractivity contribution < 1.29 is 8.81 Å². The van der Waals surface area contributed by atoms with Crippen molar-refractivity contribution in [2.45, 2.75) is 19.9 Å². The van der Waals surface area contributed by atoms with Crippen LogP contribution < -0.4 is 10.6 Å². The second-order valence-corrected chi connectivity index (χ2v) is 6.27. The number of nitrogens with one attached hydrogen (secondary N) is 2. The molecular weight excluding hydrogens is 355 g/mol. The van der Waals surface area contributed by atoms with E-state index >= 15 is 0 Å². The lowest BCUT2D eigenvalue weighted by molar-refractivity contribution is 0.534. The van der Waals surface area contributed by atoms with E-state index in [1.54, 1.807) is 25.4 Å². The van der Waals surface area contributed by atoms with Crippen LogP contribution >= 0.6 is 11.6 Å². The minimum atomic E-state index is -0.268. The highest BCUT2D eigenvalue weighted by Crippen LogP contribution is 2.25. The number of aliphatic imine (C=N–C) groups is 1. The number of aryl methyl sites for hydroxylation is 1. The molecule has 0 atom stereocenters.